The molecule has 0 saturated heterocycles. The summed E-state index contributed by atoms with van der Waals surface area (Å²) >= 11 is 0. The molecule has 1 atom stereocenters. The van der Waals surface area contributed by atoms with E-state index in [2.05, 4.69) is 126 Å². The minimum atomic E-state index is 0.0218. The Morgan fingerprint density at radius 1 is 0.540 bits per heavy atom. The van der Waals surface area contributed by atoms with Crippen LogP contribution in [0.25, 0.3) is 66.6 Å². The lowest BCUT2D eigenvalue weighted by atomic mass is 9.97. The molecule has 234 valence electrons. The fourth-order valence-corrected chi connectivity index (χ4v) is 7.19. The smallest absolute Gasteiger partial charge is 0.331 e. The summed E-state index contributed by atoms with van der Waals surface area (Å²) in [4.78, 5) is 15.3. The summed E-state index contributed by atoms with van der Waals surface area (Å²) in [6, 6.07) is 50.4. The fourth-order valence-electron chi connectivity index (χ4n) is 7.19. The number of allylic oxidation sites excluding steroid dienone is 2. The number of benzene rings is 6. The maximum absolute atomic E-state index is 6.27. The zero-order valence-corrected chi connectivity index (χ0v) is 26.9. The number of pyridine rings is 1. The number of oxazole rings is 1. The van der Waals surface area contributed by atoms with Gasteiger partial charge in [-0.15, -0.1) is 0 Å². The van der Waals surface area contributed by atoms with Crippen LogP contribution in [0.1, 0.15) is 5.56 Å². The van der Waals surface area contributed by atoms with Crippen molar-refractivity contribution in [3.8, 4) is 33.8 Å². The third-order valence-electron chi connectivity index (χ3n) is 9.60. The van der Waals surface area contributed by atoms with Gasteiger partial charge in [0.05, 0.1) is 16.8 Å². The molecule has 2 aliphatic rings. The maximum atomic E-state index is 6.27. The van der Waals surface area contributed by atoms with Crippen LogP contribution in [0.4, 0.5) is 5.69 Å². The standard InChI is InChI=1S/C45H29N4O/c1-3-11-32(12-4-1)44-47-38-17-9-10-18-39(38)49(44)34-25-23-30(24-26-34)29-19-21-31(22-20-29)42-36-27-28-40-43(41(36)35-15-7-8-16-37(35)46-42)48-45(50-40)33-13-5-2-6-14-33/h1-28,38H/q+1. The molecule has 3 heterocycles. The van der Waals surface area contributed by atoms with Gasteiger partial charge < -0.3 is 4.42 Å². The first-order valence-electron chi connectivity index (χ1n) is 16.8. The van der Waals surface area contributed by atoms with Gasteiger partial charge in [-0.2, -0.15) is 4.58 Å². The lowest BCUT2D eigenvalue weighted by Crippen LogP contribution is -2.22. The summed E-state index contributed by atoms with van der Waals surface area (Å²) in [5.41, 5.74) is 11.1. The molecule has 0 bridgehead atoms. The second kappa shape index (κ2) is 11.5. The van der Waals surface area contributed by atoms with Crippen molar-refractivity contribution in [2.75, 3.05) is 0 Å². The molecule has 0 radical (unpaired) electrons. The zero-order chi connectivity index (χ0) is 33.0. The molecule has 0 amide bonds. The number of nitrogens with zero attached hydrogens (tertiary/aromatic N) is 4. The van der Waals surface area contributed by atoms with Crippen LogP contribution in [0.15, 0.2) is 179 Å². The second-order valence-corrected chi connectivity index (χ2v) is 12.6. The van der Waals surface area contributed by atoms with Crippen LogP contribution in [0.3, 0.4) is 0 Å². The molecular weight excluding hydrogens is 613 g/mol. The average Bonchev–Trinajstić information content (AvgIpc) is 3.81. The highest BCUT2D eigenvalue weighted by atomic mass is 16.3. The van der Waals surface area contributed by atoms with E-state index in [4.69, 9.17) is 19.4 Å². The summed E-state index contributed by atoms with van der Waals surface area (Å²) in [5.74, 6) is 1.58. The van der Waals surface area contributed by atoms with Crippen molar-refractivity contribution in [1.82, 2.24) is 9.97 Å². The molecule has 1 aliphatic heterocycles. The Morgan fingerprint density at radius 2 is 1.22 bits per heavy atom. The number of aromatic nitrogens is 2. The fraction of sp³-hybridized carbons (Fsp3) is 0.0222. The van der Waals surface area contributed by atoms with E-state index in [9.17, 15) is 0 Å². The van der Waals surface area contributed by atoms with Crippen LogP contribution < -0.4 is 0 Å². The van der Waals surface area contributed by atoms with Gasteiger partial charge in [0.1, 0.15) is 11.2 Å². The summed E-state index contributed by atoms with van der Waals surface area (Å²) in [5, 5.41) is 3.16. The van der Waals surface area contributed by atoms with E-state index < -0.39 is 0 Å². The van der Waals surface area contributed by atoms with Gasteiger partial charge in [-0.05, 0) is 77.9 Å². The molecule has 6 aromatic carbocycles. The van der Waals surface area contributed by atoms with Crippen molar-refractivity contribution in [2.24, 2.45) is 4.99 Å². The Balaban J connectivity index is 1.03. The minimum absolute atomic E-state index is 0.0218. The van der Waals surface area contributed by atoms with Crippen LogP contribution in [-0.4, -0.2) is 32.1 Å². The van der Waals surface area contributed by atoms with Gasteiger partial charge in [-0.1, -0.05) is 108 Å². The van der Waals surface area contributed by atoms with Crippen molar-refractivity contribution < 1.29 is 8.99 Å². The monoisotopic (exact) mass is 641 g/mol. The number of hydrogen-bond acceptors (Lipinski definition) is 4. The minimum Gasteiger partial charge on any atom is -0.436 e. The third kappa shape index (κ3) is 4.63. The number of amidine groups is 1. The van der Waals surface area contributed by atoms with Crippen molar-refractivity contribution in [3.63, 3.8) is 0 Å². The van der Waals surface area contributed by atoms with Crippen LogP contribution in [0, 0.1) is 0 Å². The molecule has 0 N–H and O–H groups in total. The van der Waals surface area contributed by atoms with Gasteiger partial charge in [0.15, 0.2) is 11.3 Å². The molecule has 0 saturated carbocycles. The average molecular weight is 642 g/mol. The van der Waals surface area contributed by atoms with E-state index in [0.717, 1.165) is 83.5 Å². The van der Waals surface area contributed by atoms with Crippen LogP contribution >= 0.6 is 0 Å². The van der Waals surface area contributed by atoms with Crippen LogP contribution in [-0.2, 0) is 0 Å². The quantitative estimate of drug-likeness (QED) is 0.139. The van der Waals surface area contributed by atoms with Gasteiger partial charge in [-0.3, -0.25) is 0 Å². The summed E-state index contributed by atoms with van der Waals surface area (Å²) in [7, 11) is 0. The molecule has 8 aromatic rings. The normalized spacial score (nSPS) is 15.3. The summed E-state index contributed by atoms with van der Waals surface area (Å²) in [6.07, 6.45) is 8.47. The zero-order valence-electron chi connectivity index (χ0n) is 26.9. The molecule has 10 rings (SSSR count). The lowest BCUT2D eigenvalue weighted by molar-refractivity contribution is -0.300. The Hall–Kier alpha value is -6.72. The first-order chi connectivity index (χ1) is 24.8. The molecule has 0 fully saturated rings. The summed E-state index contributed by atoms with van der Waals surface area (Å²) in [6.45, 7) is 0. The molecule has 1 aliphatic carbocycles. The number of aliphatic imine (C=N–C) groups is 1. The van der Waals surface area contributed by atoms with E-state index in [1.807, 2.05) is 48.5 Å². The predicted molar refractivity (Wildman–Crippen MR) is 203 cm³/mol. The van der Waals surface area contributed by atoms with E-state index in [0.29, 0.717) is 5.89 Å². The number of hydrogen-bond donors (Lipinski definition) is 0. The first kappa shape index (κ1) is 28.3. The Kier molecular flexibility index (Phi) is 6.49. The highest BCUT2D eigenvalue weighted by Gasteiger charge is 2.37. The van der Waals surface area contributed by atoms with Gasteiger partial charge in [0, 0.05) is 27.3 Å². The largest absolute Gasteiger partial charge is 0.436 e. The van der Waals surface area contributed by atoms with E-state index in [1.54, 1.807) is 0 Å². The van der Waals surface area contributed by atoms with Crippen molar-refractivity contribution in [3.05, 3.63) is 175 Å². The van der Waals surface area contributed by atoms with Crippen molar-refractivity contribution in [2.45, 2.75) is 6.04 Å². The molecule has 5 nitrogen and oxygen atoms in total. The SMILES string of the molecule is C1=CC2=[N+](c3ccc(-c4ccc(-c5nc6ccccc6c6c5ccc5oc(-c7ccccc7)nc56)cc4)cc3)C(c3ccccc3)=NC2C=C1. The Labute approximate surface area is 288 Å². The van der Waals surface area contributed by atoms with Crippen molar-refractivity contribution in [1.29, 1.82) is 0 Å². The van der Waals surface area contributed by atoms with Crippen molar-refractivity contribution >= 4 is 50.0 Å². The van der Waals surface area contributed by atoms with Gasteiger partial charge >= 0.3 is 5.84 Å². The van der Waals surface area contributed by atoms with E-state index in [-0.39, 0.29) is 6.04 Å². The molecule has 0 spiro atoms. The van der Waals surface area contributed by atoms with Crippen LogP contribution in [0.2, 0.25) is 0 Å². The highest BCUT2D eigenvalue weighted by Crippen LogP contribution is 2.39. The molecular formula is C45H29N4O+. The highest BCUT2D eigenvalue weighted by molar-refractivity contribution is 6.20. The number of para-hydroxylation sites is 1. The summed E-state index contributed by atoms with van der Waals surface area (Å²) < 4.78 is 8.54. The maximum Gasteiger partial charge on any atom is 0.331 e. The van der Waals surface area contributed by atoms with Gasteiger partial charge in [0.25, 0.3) is 0 Å². The molecule has 50 heavy (non-hydrogen) atoms. The van der Waals surface area contributed by atoms with E-state index in [1.165, 1.54) is 0 Å². The number of fused-ring (bicyclic) bond motifs is 6. The Morgan fingerprint density at radius 3 is 2.00 bits per heavy atom. The predicted octanol–water partition coefficient (Wildman–Crippen LogP) is 10.6. The van der Waals surface area contributed by atoms with Gasteiger partial charge in [0.2, 0.25) is 11.9 Å². The van der Waals surface area contributed by atoms with Gasteiger partial charge in [-0.25, -0.2) is 9.97 Å². The first-order valence-corrected chi connectivity index (χ1v) is 16.8. The third-order valence-corrected chi connectivity index (χ3v) is 9.60. The topological polar surface area (TPSA) is 54.3 Å². The second-order valence-electron chi connectivity index (χ2n) is 12.6. The number of rotatable bonds is 5. The molecule has 5 heteroatoms. The Bertz CT molecular complexity index is 2720. The molecule has 1 unspecified atom stereocenters. The molecule has 2 aromatic heterocycles. The van der Waals surface area contributed by atoms with Crippen LogP contribution in [0.5, 0.6) is 0 Å². The van der Waals surface area contributed by atoms with E-state index >= 15 is 0 Å². The lowest BCUT2D eigenvalue weighted by Gasteiger charge is -2.11.